The molecule has 0 fully saturated rings. The van der Waals surface area contributed by atoms with Crippen LogP contribution in [-0.2, 0) is 16.4 Å². The van der Waals surface area contributed by atoms with Crippen LogP contribution in [0.1, 0.15) is 28.7 Å². The number of hydrogen-bond donors (Lipinski definition) is 1. The van der Waals surface area contributed by atoms with Crippen LogP contribution in [0.5, 0.6) is 0 Å². The van der Waals surface area contributed by atoms with E-state index in [2.05, 4.69) is 5.16 Å². The first-order valence-corrected chi connectivity index (χ1v) is 9.16. The molecule has 0 amide bonds. The lowest BCUT2D eigenvalue weighted by Gasteiger charge is -2.20. The van der Waals surface area contributed by atoms with Crippen LogP contribution in [0.25, 0.3) is 0 Å². The number of benzene rings is 1. The highest BCUT2D eigenvalue weighted by atomic mass is 32.2. The fraction of sp³-hybridized carbons (Fsp3) is 0.438. The standard InChI is InChI=1S/C16H22N2O4S/c1-11-15(12(2)22-17-11)9-18(3)10-16(19)13-5-7-14(8-6-13)23(4,20)21/h5-8,16,19H,9-10H2,1-4H3. The molecule has 1 unspecified atom stereocenters. The number of hydrogen-bond acceptors (Lipinski definition) is 6. The van der Waals surface area contributed by atoms with E-state index in [9.17, 15) is 13.5 Å². The highest BCUT2D eigenvalue weighted by molar-refractivity contribution is 7.90. The van der Waals surface area contributed by atoms with Crippen LogP contribution in [0.15, 0.2) is 33.7 Å². The van der Waals surface area contributed by atoms with Gasteiger partial charge in [0, 0.05) is 24.9 Å². The Kier molecular flexibility index (Phi) is 5.23. The Hall–Kier alpha value is -1.70. The maximum Gasteiger partial charge on any atom is 0.175 e. The molecule has 2 aromatic rings. The lowest BCUT2D eigenvalue weighted by Crippen LogP contribution is -2.24. The van der Waals surface area contributed by atoms with Crippen molar-refractivity contribution in [2.24, 2.45) is 0 Å². The van der Waals surface area contributed by atoms with Crippen LogP contribution < -0.4 is 0 Å². The van der Waals surface area contributed by atoms with Crippen LogP contribution in [0, 0.1) is 13.8 Å². The summed E-state index contributed by atoms with van der Waals surface area (Å²) in [6.07, 6.45) is 0.463. The van der Waals surface area contributed by atoms with Gasteiger partial charge in [0.15, 0.2) is 9.84 Å². The van der Waals surface area contributed by atoms with E-state index in [0.29, 0.717) is 18.7 Å². The maximum atomic E-state index is 11.4. The molecule has 1 heterocycles. The first kappa shape index (κ1) is 17.7. The number of nitrogens with zero attached hydrogens (tertiary/aromatic N) is 2. The van der Waals surface area contributed by atoms with Gasteiger partial charge >= 0.3 is 0 Å². The normalized spacial score (nSPS) is 13.5. The van der Waals surface area contributed by atoms with Gasteiger partial charge in [-0.05, 0) is 38.6 Å². The zero-order valence-corrected chi connectivity index (χ0v) is 14.6. The molecule has 6 nitrogen and oxygen atoms in total. The zero-order valence-electron chi connectivity index (χ0n) is 13.8. The van der Waals surface area contributed by atoms with E-state index in [1.54, 1.807) is 12.1 Å². The van der Waals surface area contributed by atoms with E-state index >= 15 is 0 Å². The summed E-state index contributed by atoms with van der Waals surface area (Å²) in [5.41, 5.74) is 2.55. The van der Waals surface area contributed by atoms with Crippen LogP contribution >= 0.6 is 0 Å². The van der Waals surface area contributed by atoms with Gasteiger partial charge in [-0.15, -0.1) is 0 Å². The number of aryl methyl sites for hydroxylation is 2. The van der Waals surface area contributed by atoms with Crippen LogP contribution in [0.3, 0.4) is 0 Å². The first-order valence-electron chi connectivity index (χ1n) is 7.27. The van der Waals surface area contributed by atoms with Gasteiger partial charge in [0.25, 0.3) is 0 Å². The summed E-state index contributed by atoms with van der Waals surface area (Å²) in [4.78, 5) is 2.22. The van der Waals surface area contributed by atoms with E-state index in [1.165, 1.54) is 12.1 Å². The van der Waals surface area contributed by atoms with Crippen molar-refractivity contribution < 1.29 is 18.0 Å². The van der Waals surface area contributed by atoms with Gasteiger partial charge in [0.05, 0.1) is 16.7 Å². The molecule has 0 saturated carbocycles. The fourth-order valence-corrected chi connectivity index (χ4v) is 3.03. The summed E-state index contributed by atoms with van der Waals surface area (Å²) in [6.45, 7) is 4.80. The molecule has 1 N–H and O–H groups in total. The van der Waals surface area contributed by atoms with E-state index in [0.717, 1.165) is 23.3 Å². The Morgan fingerprint density at radius 1 is 1.26 bits per heavy atom. The second-order valence-corrected chi connectivity index (χ2v) is 7.87. The predicted octanol–water partition coefficient (Wildman–Crippen LogP) is 1.86. The third kappa shape index (κ3) is 4.40. The molecule has 7 heteroatoms. The third-order valence-electron chi connectivity index (χ3n) is 3.79. The Balaban J connectivity index is 2.02. The monoisotopic (exact) mass is 338 g/mol. The summed E-state index contributed by atoms with van der Waals surface area (Å²) in [7, 11) is -1.32. The summed E-state index contributed by atoms with van der Waals surface area (Å²) in [5.74, 6) is 0.779. The van der Waals surface area contributed by atoms with Crippen molar-refractivity contribution >= 4 is 9.84 Å². The summed E-state index contributed by atoms with van der Waals surface area (Å²) in [5, 5.41) is 14.2. The quantitative estimate of drug-likeness (QED) is 0.865. The minimum absolute atomic E-state index is 0.248. The summed E-state index contributed by atoms with van der Waals surface area (Å²) in [6, 6.07) is 6.32. The molecular weight excluding hydrogens is 316 g/mol. The molecule has 0 bridgehead atoms. The van der Waals surface area contributed by atoms with Gasteiger partial charge in [-0.25, -0.2) is 8.42 Å². The molecule has 2 rings (SSSR count). The maximum absolute atomic E-state index is 11.4. The molecule has 0 aliphatic carbocycles. The molecule has 0 saturated heterocycles. The summed E-state index contributed by atoms with van der Waals surface area (Å²) < 4.78 is 28.0. The van der Waals surface area contributed by atoms with Gasteiger partial charge in [-0.2, -0.15) is 0 Å². The molecule has 1 atom stereocenters. The van der Waals surface area contributed by atoms with E-state index in [1.807, 2.05) is 25.8 Å². The van der Waals surface area contributed by atoms with Crippen molar-refractivity contribution in [3.05, 3.63) is 46.8 Å². The van der Waals surface area contributed by atoms with Crippen molar-refractivity contribution in [3.8, 4) is 0 Å². The Bertz CT molecular complexity index is 746. The second-order valence-electron chi connectivity index (χ2n) is 5.86. The Labute approximate surface area is 136 Å². The molecule has 0 aliphatic heterocycles. The lowest BCUT2D eigenvalue weighted by molar-refractivity contribution is 0.123. The van der Waals surface area contributed by atoms with Crippen LogP contribution in [0.2, 0.25) is 0 Å². The Morgan fingerprint density at radius 2 is 1.87 bits per heavy atom. The van der Waals surface area contributed by atoms with Gasteiger partial charge in [0.1, 0.15) is 5.76 Å². The van der Waals surface area contributed by atoms with Gasteiger partial charge in [0.2, 0.25) is 0 Å². The van der Waals surface area contributed by atoms with Crippen molar-refractivity contribution in [3.63, 3.8) is 0 Å². The molecule has 23 heavy (non-hydrogen) atoms. The van der Waals surface area contributed by atoms with E-state index in [4.69, 9.17) is 4.52 Å². The number of rotatable bonds is 6. The molecule has 0 radical (unpaired) electrons. The Morgan fingerprint density at radius 3 is 2.35 bits per heavy atom. The number of likely N-dealkylation sites (N-methyl/N-ethyl adjacent to an activating group) is 1. The van der Waals surface area contributed by atoms with Crippen LogP contribution in [0.4, 0.5) is 0 Å². The molecule has 1 aromatic carbocycles. The van der Waals surface area contributed by atoms with Gasteiger partial charge in [-0.1, -0.05) is 17.3 Å². The molecule has 0 aliphatic rings. The number of aliphatic hydroxyl groups excluding tert-OH is 1. The highest BCUT2D eigenvalue weighted by Crippen LogP contribution is 2.19. The van der Waals surface area contributed by atoms with Crippen molar-refractivity contribution in [1.29, 1.82) is 0 Å². The van der Waals surface area contributed by atoms with Crippen LogP contribution in [-0.4, -0.2) is 43.4 Å². The smallest absolute Gasteiger partial charge is 0.175 e. The minimum Gasteiger partial charge on any atom is -0.387 e. The summed E-state index contributed by atoms with van der Waals surface area (Å²) >= 11 is 0. The number of aromatic nitrogens is 1. The molecule has 0 spiro atoms. The van der Waals surface area contributed by atoms with E-state index in [-0.39, 0.29) is 4.90 Å². The predicted molar refractivity (Wildman–Crippen MR) is 86.8 cm³/mol. The molecule has 126 valence electrons. The zero-order chi connectivity index (χ0) is 17.2. The average Bonchev–Trinajstić information content (AvgIpc) is 2.78. The minimum atomic E-state index is -3.22. The topological polar surface area (TPSA) is 83.6 Å². The van der Waals surface area contributed by atoms with Crippen molar-refractivity contribution in [2.75, 3.05) is 19.8 Å². The third-order valence-corrected chi connectivity index (χ3v) is 4.92. The highest BCUT2D eigenvalue weighted by Gasteiger charge is 2.16. The largest absolute Gasteiger partial charge is 0.387 e. The molecular formula is C16H22N2O4S. The van der Waals surface area contributed by atoms with Gasteiger partial charge in [-0.3, -0.25) is 4.90 Å². The van der Waals surface area contributed by atoms with Crippen molar-refractivity contribution in [2.45, 2.75) is 31.4 Å². The van der Waals surface area contributed by atoms with Crippen molar-refractivity contribution in [1.82, 2.24) is 10.1 Å². The number of aliphatic hydroxyl groups is 1. The second kappa shape index (κ2) is 6.82. The lowest BCUT2D eigenvalue weighted by atomic mass is 10.1. The average molecular weight is 338 g/mol. The van der Waals surface area contributed by atoms with E-state index < -0.39 is 15.9 Å². The first-order chi connectivity index (χ1) is 10.7. The number of sulfone groups is 1. The molecule has 1 aromatic heterocycles. The fourth-order valence-electron chi connectivity index (χ4n) is 2.40. The van der Waals surface area contributed by atoms with Gasteiger partial charge < -0.3 is 9.63 Å². The SMILES string of the molecule is Cc1noc(C)c1CN(C)CC(O)c1ccc(S(C)(=O)=O)cc1.